The molecule has 2 rings (SSSR count). The summed E-state index contributed by atoms with van der Waals surface area (Å²) >= 11 is 1.81. The van der Waals surface area contributed by atoms with E-state index in [9.17, 15) is 0 Å². The summed E-state index contributed by atoms with van der Waals surface area (Å²) in [6.07, 6.45) is 1.02. The maximum Gasteiger partial charge on any atom is 0.00954 e. The van der Waals surface area contributed by atoms with E-state index < -0.39 is 0 Å². The van der Waals surface area contributed by atoms with Crippen LogP contribution in [0.1, 0.15) is 22.9 Å². The second-order valence-electron chi connectivity index (χ2n) is 4.89. The van der Waals surface area contributed by atoms with E-state index in [0.29, 0.717) is 6.54 Å². The number of thiophene rings is 1. The topological polar surface area (TPSA) is 26.0 Å². The molecule has 2 N–H and O–H groups in total. The molecule has 0 aliphatic heterocycles. The van der Waals surface area contributed by atoms with Crippen molar-refractivity contribution in [2.24, 2.45) is 5.73 Å². The lowest BCUT2D eigenvalue weighted by Gasteiger charge is -2.28. The highest BCUT2D eigenvalue weighted by molar-refractivity contribution is 7.09. The monoisotopic (exact) mass is 245 g/mol. The van der Waals surface area contributed by atoms with E-state index in [1.165, 1.54) is 16.0 Å². The zero-order chi connectivity index (χ0) is 12.3. The Balaban J connectivity index is 2.27. The van der Waals surface area contributed by atoms with Gasteiger partial charge in [-0.3, -0.25) is 0 Å². The highest BCUT2D eigenvalue weighted by Crippen LogP contribution is 2.29. The smallest absolute Gasteiger partial charge is 0.00954 e. The molecule has 1 aromatic carbocycles. The molecule has 0 radical (unpaired) electrons. The van der Waals surface area contributed by atoms with Crippen molar-refractivity contribution >= 4 is 11.3 Å². The van der Waals surface area contributed by atoms with Crippen LogP contribution in [0.4, 0.5) is 0 Å². The highest BCUT2D eigenvalue weighted by atomic mass is 32.1. The van der Waals surface area contributed by atoms with Gasteiger partial charge in [0.1, 0.15) is 0 Å². The fraction of sp³-hybridized carbons (Fsp3) is 0.333. The van der Waals surface area contributed by atoms with Crippen molar-refractivity contribution in [2.75, 3.05) is 6.54 Å². The molecule has 90 valence electrons. The van der Waals surface area contributed by atoms with Crippen LogP contribution in [0.2, 0.25) is 0 Å². The lowest BCUT2D eigenvalue weighted by molar-refractivity contribution is 0.484. The Morgan fingerprint density at radius 2 is 1.88 bits per heavy atom. The highest BCUT2D eigenvalue weighted by Gasteiger charge is 2.25. The van der Waals surface area contributed by atoms with E-state index in [1.807, 2.05) is 11.3 Å². The van der Waals surface area contributed by atoms with Gasteiger partial charge >= 0.3 is 0 Å². The maximum absolute atomic E-state index is 6.00. The first-order chi connectivity index (χ1) is 8.14. The van der Waals surface area contributed by atoms with Gasteiger partial charge in [-0.1, -0.05) is 42.8 Å². The summed E-state index contributed by atoms with van der Waals surface area (Å²) in [6.45, 7) is 5.04. The van der Waals surface area contributed by atoms with Gasteiger partial charge < -0.3 is 5.73 Å². The molecule has 0 aliphatic carbocycles. The number of aryl methyl sites for hydroxylation is 1. The van der Waals surface area contributed by atoms with Crippen LogP contribution in [0.5, 0.6) is 0 Å². The molecule has 0 saturated carbocycles. The van der Waals surface area contributed by atoms with Gasteiger partial charge in [0.05, 0.1) is 0 Å². The number of nitrogens with two attached hydrogens (primary N) is 1. The zero-order valence-electron chi connectivity index (χ0n) is 10.4. The van der Waals surface area contributed by atoms with E-state index in [1.54, 1.807) is 0 Å². The number of hydrogen-bond acceptors (Lipinski definition) is 2. The third-order valence-corrected chi connectivity index (χ3v) is 4.22. The van der Waals surface area contributed by atoms with Crippen molar-refractivity contribution < 1.29 is 0 Å². The molecule has 1 unspecified atom stereocenters. The standard InChI is InChI=1S/C15H19NS/c1-12-5-7-13(8-6-12)15(2,11-16)10-14-4-3-9-17-14/h3-9H,10-11,16H2,1-2H3. The summed E-state index contributed by atoms with van der Waals surface area (Å²) < 4.78 is 0. The molecule has 2 heteroatoms. The van der Waals surface area contributed by atoms with Crippen LogP contribution in [-0.2, 0) is 11.8 Å². The van der Waals surface area contributed by atoms with Gasteiger partial charge in [-0.2, -0.15) is 0 Å². The van der Waals surface area contributed by atoms with Gasteiger partial charge in [-0.15, -0.1) is 11.3 Å². The van der Waals surface area contributed by atoms with Crippen LogP contribution in [0, 0.1) is 6.92 Å². The lowest BCUT2D eigenvalue weighted by atomic mass is 9.79. The molecule has 1 nitrogen and oxygen atoms in total. The van der Waals surface area contributed by atoms with E-state index in [0.717, 1.165) is 6.42 Å². The van der Waals surface area contributed by atoms with Crippen LogP contribution >= 0.6 is 11.3 Å². The Bertz CT molecular complexity index is 458. The number of benzene rings is 1. The molecule has 0 aliphatic rings. The summed E-state index contributed by atoms with van der Waals surface area (Å²) in [5, 5.41) is 2.13. The Morgan fingerprint density at radius 3 is 2.41 bits per heavy atom. The Kier molecular flexibility index (Phi) is 3.65. The molecule has 0 saturated heterocycles. The first-order valence-electron chi connectivity index (χ1n) is 5.94. The van der Waals surface area contributed by atoms with E-state index in [4.69, 9.17) is 5.73 Å². The average Bonchev–Trinajstić information content (AvgIpc) is 2.82. The zero-order valence-corrected chi connectivity index (χ0v) is 11.3. The molecule has 17 heavy (non-hydrogen) atoms. The minimum atomic E-state index is 0.0402. The summed E-state index contributed by atoms with van der Waals surface area (Å²) in [4.78, 5) is 1.40. The van der Waals surface area contributed by atoms with Gasteiger partial charge in [0, 0.05) is 16.8 Å². The molecule has 1 heterocycles. The second-order valence-corrected chi connectivity index (χ2v) is 5.92. The SMILES string of the molecule is Cc1ccc(C(C)(CN)Cc2cccs2)cc1. The van der Waals surface area contributed by atoms with E-state index >= 15 is 0 Å². The third-order valence-electron chi connectivity index (χ3n) is 3.34. The van der Waals surface area contributed by atoms with Gasteiger partial charge in [0.25, 0.3) is 0 Å². The molecular formula is C15H19NS. The van der Waals surface area contributed by atoms with Crippen molar-refractivity contribution in [1.29, 1.82) is 0 Å². The minimum Gasteiger partial charge on any atom is -0.330 e. The van der Waals surface area contributed by atoms with Crippen molar-refractivity contribution in [2.45, 2.75) is 25.7 Å². The van der Waals surface area contributed by atoms with Gasteiger partial charge in [-0.25, -0.2) is 0 Å². The first-order valence-corrected chi connectivity index (χ1v) is 6.82. The summed E-state index contributed by atoms with van der Waals surface area (Å²) in [6, 6.07) is 13.0. The fourth-order valence-corrected chi connectivity index (χ4v) is 2.94. The quantitative estimate of drug-likeness (QED) is 0.876. The van der Waals surface area contributed by atoms with Crippen molar-refractivity contribution in [3.63, 3.8) is 0 Å². The normalized spacial score (nSPS) is 14.5. The van der Waals surface area contributed by atoms with Gasteiger partial charge in [-0.05, 0) is 30.4 Å². The molecular weight excluding hydrogens is 226 g/mol. The Labute approximate surface area is 107 Å². The van der Waals surface area contributed by atoms with Crippen LogP contribution in [0.25, 0.3) is 0 Å². The molecule has 0 fully saturated rings. The number of hydrogen-bond donors (Lipinski definition) is 1. The molecule has 1 atom stereocenters. The van der Waals surface area contributed by atoms with Gasteiger partial charge in [0.15, 0.2) is 0 Å². The first kappa shape index (κ1) is 12.3. The van der Waals surface area contributed by atoms with E-state index in [-0.39, 0.29) is 5.41 Å². The van der Waals surface area contributed by atoms with Crippen molar-refractivity contribution in [3.05, 3.63) is 57.8 Å². The van der Waals surface area contributed by atoms with Crippen LogP contribution in [0.3, 0.4) is 0 Å². The maximum atomic E-state index is 6.00. The molecule has 1 aromatic heterocycles. The average molecular weight is 245 g/mol. The van der Waals surface area contributed by atoms with Crippen molar-refractivity contribution in [3.8, 4) is 0 Å². The minimum absolute atomic E-state index is 0.0402. The third kappa shape index (κ3) is 2.76. The fourth-order valence-electron chi connectivity index (χ4n) is 2.05. The molecule has 0 amide bonds. The Morgan fingerprint density at radius 1 is 1.18 bits per heavy atom. The van der Waals surface area contributed by atoms with Crippen molar-refractivity contribution in [1.82, 2.24) is 0 Å². The van der Waals surface area contributed by atoms with E-state index in [2.05, 4.69) is 55.6 Å². The largest absolute Gasteiger partial charge is 0.330 e. The number of rotatable bonds is 4. The summed E-state index contributed by atoms with van der Waals surface area (Å²) in [7, 11) is 0. The predicted molar refractivity (Wildman–Crippen MR) is 75.6 cm³/mol. The van der Waals surface area contributed by atoms with Gasteiger partial charge in [0.2, 0.25) is 0 Å². The second kappa shape index (κ2) is 5.03. The Hall–Kier alpha value is -1.12. The summed E-state index contributed by atoms with van der Waals surface area (Å²) in [5.74, 6) is 0. The molecule has 0 spiro atoms. The van der Waals surface area contributed by atoms with Crippen LogP contribution < -0.4 is 5.73 Å². The van der Waals surface area contributed by atoms with Crippen LogP contribution in [-0.4, -0.2) is 6.54 Å². The predicted octanol–water partition coefficient (Wildman–Crippen LogP) is 3.52. The molecule has 0 bridgehead atoms. The lowest BCUT2D eigenvalue weighted by Crippen LogP contribution is -2.33. The molecule has 2 aromatic rings. The van der Waals surface area contributed by atoms with Crippen LogP contribution in [0.15, 0.2) is 41.8 Å². The summed E-state index contributed by atoms with van der Waals surface area (Å²) in [5.41, 5.74) is 8.67.